The molecule has 170 valence electrons. The second-order valence-corrected chi connectivity index (χ2v) is 8.72. The summed E-state index contributed by atoms with van der Waals surface area (Å²) < 4.78 is 5.23. The lowest BCUT2D eigenvalue weighted by atomic mass is 9.63. The number of carbonyl (C=O) groups excluding carboxylic acids is 1. The van der Waals surface area contributed by atoms with Crippen LogP contribution in [-0.2, 0) is 16.7 Å². The number of hydrogen-bond acceptors (Lipinski definition) is 4. The minimum Gasteiger partial charge on any atom is -0.462 e. The maximum atomic E-state index is 12.1. The maximum absolute atomic E-state index is 12.1. The zero-order valence-corrected chi connectivity index (χ0v) is 19.4. The number of aromatic nitrogens is 1. The molecule has 0 saturated carbocycles. The average Bonchev–Trinajstić information content (AvgIpc) is 2.80. The van der Waals surface area contributed by atoms with Crippen LogP contribution in [0, 0.1) is 5.92 Å². The predicted molar refractivity (Wildman–Crippen MR) is 133 cm³/mol. The fourth-order valence-corrected chi connectivity index (χ4v) is 5.02. The smallest absolute Gasteiger partial charge is 0.338 e. The summed E-state index contributed by atoms with van der Waals surface area (Å²) in [7, 11) is 0. The predicted octanol–water partition coefficient (Wildman–Crippen LogP) is 5.39. The summed E-state index contributed by atoms with van der Waals surface area (Å²) in [5.41, 5.74) is 5.49. The van der Waals surface area contributed by atoms with E-state index in [0.29, 0.717) is 12.2 Å². The first-order valence-electron chi connectivity index (χ1n) is 11.5. The Morgan fingerprint density at radius 3 is 2.94 bits per heavy atom. The molecule has 0 saturated heterocycles. The number of aliphatic imine (C=N–C) groups is 1. The summed E-state index contributed by atoms with van der Waals surface area (Å²) in [6, 6.07) is 10.9. The molecule has 1 aromatic carbocycles. The molecular formula is C28H30N2O3. The number of fused-ring (bicyclic) bond motifs is 4. The van der Waals surface area contributed by atoms with Gasteiger partial charge in [0, 0.05) is 35.9 Å². The SMILES string of the molecule is C/C=C1\[C@H]2C=C(C)C[C@]1(N=CC=Cc1cccc(C(=O)OCCC)c1)c1ccc(=O)[nH]c1C2. The third-order valence-electron chi connectivity index (χ3n) is 6.31. The van der Waals surface area contributed by atoms with Crippen molar-refractivity contribution in [3.05, 3.63) is 98.5 Å². The van der Waals surface area contributed by atoms with Gasteiger partial charge in [0.15, 0.2) is 0 Å². The van der Waals surface area contributed by atoms with Crippen LogP contribution in [0.15, 0.2) is 75.6 Å². The zero-order valence-electron chi connectivity index (χ0n) is 19.4. The summed E-state index contributed by atoms with van der Waals surface area (Å²) in [6.45, 7) is 6.61. The molecule has 4 rings (SSSR count). The topological polar surface area (TPSA) is 71.5 Å². The Hall–Kier alpha value is -3.47. The van der Waals surface area contributed by atoms with Crippen molar-refractivity contribution >= 4 is 18.3 Å². The largest absolute Gasteiger partial charge is 0.462 e. The molecule has 2 aromatic rings. The molecule has 0 spiro atoms. The van der Waals surface area contributed by atoms with Crippen LogP contribution in [0.4, 0.5) is 0 Å². The number of aromatic amines is 1. The molecular weight excluding hydrogens is 412 g/mol. The molecule has 0 aliphatic heterocycles. The van der Waals surface area contributed by atoms with E-state index in [0.717, 1.165) is 36.1 Å². The van der Waals surface area contributed by atoms with Crippen LogP contribution in [0.5, 0.6) is 0 Å². The van der Waals surface area contributed by atoms with Crippen LogP contribution in [-0.4, -0.2) is 23.8 Å². The fourth-order valence-electron chi connectivity index (χ4n) is 5.02. The van der Waals surface area contributed by atoms with Crippen molar-refractivity contribution in [1.82, 2.24) is 4.98 Å². The lowest BCUT2D eigenvalue weighted by molar-refractivity contribution is 0.0505. The van der Waals surface area contributed by atoms with Crippen molar-refractivity contribution in [2.24, 2.45) is 10.9 Å². The number of allylic oxidation sites excluding steroid dienone is 3. The maximum Gasteiger partial charge on any atom is 0.338 e. The van der Waals surface area contributed by atoms with Gasteiger partial charge in [0.1, 0.15) is 5.54 Å². The number of benzene rings is 1. The molecule has 33 heavy (non-hydrogen) atoms. The standard InChI is InChI=1S/C28H30N2O3/c1-4-14-33-27(32)21-10-6-8-20(16-21)9-7-13-29-28-18-19(3)15-22(23(28)5-2)17-25-24(28)11-12-26(31)30-25/h5-13,15-16,22H,4,14,17-18H2,1-3H3,(H,30,31)/b9-7?,23-5+,29-13?/t22-,28+/m0/s1. The summed E-state index contributed by atoms with van der Waals surface area (Å²) in [6.07, 6.45) is 12.5. The van der Waals surface area contributed by atoms with E-state index >= 15 is 0 Å². The third kappa shape index (κ3) is 4.54. The Morgan fingerprint density at radius 2 is 2.15 bits per heavy atom. The number of pyridine rings is 1. The van der Waals surface area contributed by atoms with Crippen molar-refractivity contribution in [3.63, 3.8) is 0 Å². The van der Waals surface area contributed by atoms with Gasteiger partial charge in [0.2, 0.25) is 5.56 Å². The normalized spacial score (nSPS) is 23.1. The van der Waals surface area contributed by atoms with Gasteiger partial charge < -0.3 is 9.72 Å². The van der Waals surface area contributed by atoms with Gasteiger partial charge in [-0.05, 0) is 62.1 Å². The van der Waals surface area contributed by atoms with Crippen molar-refractivity contribution in [2.75, 3.05) is 6.61 Å². The minimum absolute atomic E-state index is 0.0761. The van der Waals surface area contributed by atoms with Gasteiger partial charge in [0.05, 0.1) is 12.2 Å². The number of esters is 1. The van der Waals surface area contributed by atoms with Crippen LogP contribution in [0.2, 0.25) is 0 Å². The van der Waals surface area contributed by atoms with Crippen LogP contribution in [0.25, 0.3) is 6.08 Å². The molecule has 1 aromatic heterocycles. The van der Waals surface area contributed by atoms with Crippen LogP contribution < -0.4 is 5.56 Å². The molecule has 0 radical (unpaired) electrons. The first-order chi connectivity index (χ1) is 16.0. The number of nitrogens with zero attached hydrogens (tertiary/aromatic N) is 1. The van der Waals surface area contributed by atoms with Crippen LogP contribution in [0.3, 0.4) is 0 Å². The quantitative estimate of drug-likeness (QED) is 0.370. The lowest BCUT2D eigenvalue weighted by Crippen LogP contribution is -2.40. The Balaban J connectivity index is 1.64. The van der Waals surface area contributed by atoms with E-state index < -0.39 is 5.54 Å². The molecule has 0 fully saturated rings. The van der Waals surface area contributed by atoms with E-state index in [4.69, 9.17) is 9.73 Å². The number of hydrogen-bond donors (Lipinski definition) is 1. The molecule has 0 amide bonds. The highest BCUT2D eigenvalue weighted by molar-refractivity contribution is 5.90. The summed E-state index contributed by atoms with van der Waals surface area (Å²) >= 11 is 0. The molecule has 2 aliphatic carbocycles. The molecule has 2 atom stereocenters. The lowest BCUT2D eigenvalue weighted by Gasteiger charge is -2.45. The van der Waals surface area contributed by atoms with Crippen molar-refractivity contribution in [3.8, 4) is 0 Å². The molecule has 5 heteroatoms. The second kappa shape index (κ2) is 9.57. The Kier molecular flexibility index (Phi) is 6.59. The average molecular weight is 443 g/mol. The highest BCUT2D eigenvalue weighted by Crippen LogP contribution is 2.51. The first kappa shape index (κ1) is 22.7. The molecule has 1 heterocycles. The number of rotatable bonds is 6. The Bertz CT molecular complexity index is 1230. The van der Waals surface area contributed by atoms with E-state index in [-0.39, 0.29) is 17.4 Å². The van der Waals surface area contributed by atoms with Gasteiger partial charge >= 0.3 is 5.97 Å². The molecule has 5 nitrogen and oxygen atoms in total. The Morgan fingerprint density at radius 1 is 1.30 bits per heavy atom. The number of ether oxygens (including phenoxy) is 1. The summed E-state index contributed by atoms with van der Waals surface area (Å²) in [5.74, 6) is -0.0676. The number of nitrogens with one attached hydrogen (secondary N) is 1. The van der Waals surface area contributed by atoms with E-state index in [1.54, 1.807) is 12.1 Å². The van der Waals surface area contributed by atoms with Crippen LogP contribution >= 0.6 is 0 Å². The number of carbonyl (C=O) groups is 1. The monoisotopic (exact) mass is 442 g/mol. The van der Waals surface area contributed by atoms with Crippen LogP contribution in [0.1, 0.15) is 60.8 Å². The van der Waals surface area contributed by atoms with Crippen molar-refractivity contribution in [1.29, 1.82) is 0 Å². The van der Waals surface area contributed by atoms with Gasteiger partial charge in [-0.2, -0.15) is 0 Å². The van der Waals surface area contributed by atoms with E-state index in [2.05, 4.69) is 31.0 Å². The Labute approximate surface area is 194 Å². The van der Waals surface area contributed by atoms with Gasteiger partial charge in [-0.1, -0.05) is 42.9 Å². The highest BCUT2D eigenvalue weighted by Gasteiger charge is 2.46. The van der Waals surface area contributed by atoms with Gasteiger partial charge in [-0.3, -0.25) is 9.79 Å². The molecule has 0 unspecified atom stereocenters. The van der Waals surface area contributed by atoms with Gasteiger partial charge in [-0.25, -0.2) is 4.79 Å². The van der Waals surface area contributed by atoms with Gasteiger partial charge in [0.25, 0.3) is 0 Å². The second-order valence-electron chi connectivity index (χ2n) is 8.72. The van der Waals surface area contributed by atoms with Gasteiger partial charge in [-0.15, -0.1) is 0 Å². The van der Waals surface area contributed by atoms with Crippen molar-refractivity contribution < 1.29 is 9.53 Å². The molecule has 1 N–H and O–H groups in total. The van der Waals surface area contributed by atoms with E-state index in [1.165, 1.54) is 11.1 Å². The van der Waals surface area contributed by atoms with E-state index in [1.807, 2.05) is 49.6 Å². The highest BCUT2D eigenvalue weighted by atomic mass is 16.5. The third-order valence-corrected chi connectivity index (χ3v) is 6.31. The number of H-pyrrole nitrogens is 1. The van der Waals surface area contributed by atoms with E-state index in [9.17, 15) is 9.59 Å². The van der Waals surface area contributed by atoms with Crippen molar-refractivity contribution in [2.45, 2.75) is 45.6 Å². The first-order valence-corrected chi connectivity index (χ1v) is 11.5. The summed E-state index contributed by atoms with van der Waals surface area (Å²) in [5, 5.41) is 0. The minimum atomic E-state index is -0.508. The zero-order chi connectivity index (χ0) is 23.4. The fraction of sp³-hybridized carbons (Fsp3) is 0.321. The molecule has 2 aliphatic rings. The molecule has 2 bridgehead atoms. The summed E-state index contributed by atoms with van der Waals surface area (Å²) in [4.78, 5) is 32.2.